The van der Waals surface area contributed by atoms with Gasteiger partial charge in [0.1, 0.15) is 5.60 Å². The largest absolute Gasteiger partial charge is 0.455 e. The minimum absolute atomic E-state index is 0.136. The Morgan fingerprint density at radius 2 is 2.21 bits per heavy atom. The molecule has 0 aliphatic carbocycles. The Labute approximate surface area is 83.1 Å². The summed E-state index contributed by atoms with van der Waals surface area (Å²) in [5.74, 6) is -0.132. The maximum Gasteiger partial charge on any atom is 0.340 e. The average molecular weight is 191 g/mol. The number of esters is 1. The highest BCUT2D eigenvalue weighted by Crippen LogP contribution is 2.36. The highest BCUT2D eigenvalue weighted by atomic mass is 16.6. The standard InChI is InChI=1S/C11H13NO2/c1-7-9-8(5-4-6-12-9)10(13)14-11(7,2)3/h4-7H,1-3H3. The third kappa shape index (κ3) is 1.20. The Bertz CT molecular complexity index is 385. The van der Waals surface area contributed by atoms with Crippen LogP contribution in [0.1, 0.15) is 42.7 Å². The molecular formula is C11H13NO2. The van der Waals surface area contributed by atoms with E-state index in [1.807, 2.05) is 20.8 Å². The summed E-state index contributed by atoms with van der Waals surface area (Å²) in [6, 6.07) is 3.52. The number of fused-ring (bicyclic) bond motifs is 1. The highest BCUT2D eigenvalue weighted by Gasteiger charge is 2.39. The molecule has 0 radical (unpaired) electrons. The van der Waals surface area contributed by atoms with E-state index in [-0.39, 0.29) is 11.9 Å². The van der Waals surface area contributed by atoms with Crippen LogP contribution in [0.15, 0.2) is 18.3 Å². The molecule has 1 unspecified atom stereocenters. The van der Waals surface area contributed by atoms with E-state index in [9.17, 15) is 4.79 Å². The molecule has 74 valence electrons. The molecule has 1 aliphatic heterocycles. The third-order valence-electron chi connectivity index (χ3n) is 2.87. The van der Waals surface area contributed by atoms with Crippen LogP contribution in [0.4, 0.5) is 0 Å². The van der Waals surface area contributed by atoms with Gasteiger partial charge in [0.25, 0.3) is 0 Å². The molecule has 0 N–H and O–H groups in total. The molecule has 1 atom stereocenters. The number of aromatic nitrogens is 1. The zero-order valence-electron chi connectivity index (χ0n) is 8.57. The van der Waals surface area contributed by atoms with Crippen molar-refractivity contribution in [2.75, 3.05) is 0 Å². The van der Waals surface area contributed by atoms with E-state index < -0.39 is 5.60 Å². The molecule has 0 spiro atoms. The van der Waals surface area contributed by atoms with Crippen LogP contribution < -0.4 is 0 Å². The van der Waals surface area contributed by atoms with Crippen LogP contribution in [0.25, 0.3) is 0 Å². The fourth-order valence-corrected chi connectivity index (χ4v) is 1.65. The fourth-order valence-electron chi connectivity index (χ4n) is 1.65. The molecule has 0 saturated carbocycles. The second-order valence-corrected chi connectivity index (χ2v) is 4.15. The van der Waals surface area contributed by atoms with Crippen LogP contribution in [0.2, 0.25) is 0 Å². The van der Waals surface area contributed by atoms with Gasteiger partial charge in [-0.3, -0.25) is 4.98 Å². The first kappa shape index (κ1) is 9.19. The van der Waals surface area contributed by atoms with Gasteiger partial charge in [-0.2, -0.15) is 0 Å². The van der Waals surface area contributed by atoms with Gasteiger partial charge in [-0.15, -0.1) is 0 Å². The first-order valence-electron chi connectivity index (χ1n) is 4.70. The number of hydrogen-bond donors (Lipinski definition) is 0. The van der Waals surface area contributed by atoms with Crippen molar-refractivity contribution in [3.05, 3.63) is 29.6 Å². The first-order chi connectivity index (χ1) is 6.52. The predicted molar refractivity (Wildman–Crippen MR) is 52.1 cm³/mol. The number of carbonyl (C=O) groups excluding carboxylic acids is 1. The lowest BCUT2D eigenvalue weighted by atomic mass is 9.85. The zero-order valence-corrected chi connectivity index (χ0v) is 8.57. The summed E-state index contributed by atoms with van der Waals surface area (Å²) in [7, 11) is 0. The molecule has 0 bridgehead atoms. The van der Waals surface area contributed by atoms with Crippen molar-refractivity contribution in [1.82, 2.24) is 4.98 Å². The molecule has 2 rings (SSSR count). The average Bonchev–Trinajstić information content (AvgIpc) is 2.14. The number of rotatable bonds is 0. The van der Waals surface area contributed by atoms with Crippen LogP contribution in [0.5, 0.6) is 0 Å². The van der Waals surface area contributed by atoms with Crippen molar-refractivity contribution in [1.29, 1.82) is 0 Å². The number of pyridine rings is 1. The SMILES string of the molecule is CC1c2ncccc2C(=O)OC1(C)C. The highest BCUT2D eigenvalue weighted by molar-refractivity contribution is 5.92. The van der Waals surface area contributed by atoms with Gasteiger partial charge in [-0.05, 0) is 26.0 Å². The normalized spacial score (nSPS) is 23.9. The van der Waals surface area contributed by atoms with Crippen molar-refractivity contribution < 1.29 is 9.53 Å². The lowest BCUT2D eigenvalue weighted by molar-refractivity contribution is -0.0190. The van der Waals surface area contributed by atoms with E-state index in [4.69, 9.17) is 4.74 Å². The molecule has 0 fully saturated rings. The van der Waals surface area contributed by atoms with E-state index in [0.29, 0.717) is 5.56 Å². The van der Waals surface area contributed by atoms with E-state index in [1.165, 1.54) is 0 Å². The summed E-state index contributed by atoms with van der Waals surface area (Å²) in [6.07, 6.45) is 1.71. The van der Waals surface area contributed by atoms with E-state index in [0.717, 1.165) is 5.69 Å². The minimum atomic E-state index is -0.460. The molecular weight excluding hydrogens is 178 g/mol. The summed E-state index contributed by atoms with van der Waals surface area (Å²) in [6.45, 7) is 5.85. The van der Waals surface area contributed by atoms with Crippen molar-refractivity contribution in [2.24, 2.45) is 0 Å². The number of ether oxygens (including phenoxy) is 1. The molecule has 0 saturated heterocycles. The van der Waals surface area contributed by atoms with Crippen molar-refractivity contribution >= 4 is 5.97 Å². The molecule has 1 aromatic rings. The summed E-state index contributed by atoms with van der Waals surface area (Å²) >= 11 is 0. The van der Waals surface area contributed by atoms with Crippen LogP contribution in [0, 0.1) is 0 Å². The van der Waals surface area contributed by atoms with E-state index in [2.05, 4.69) is 4.98 Å². The fraction of sp³-hybridized carbons (Fsp3) is 0.455. The molecule has 1 aliphatic rings. The van der Waals surface area contributed by atoms with Gasteiger partial charge in [0.05, 0.1) is 11.3 Å². The van der Waals surface area contributed by atoms with Gasteiger partial charge < -0.3 is 4.74 Å². The summed E-state index contributed by atoms with van der Waals surface area (Å²) in [5.41, 5.74) is 0.978. The smallest absolute Gasteiger partial charge is 0.340 e. The van der Waals surface area contributed by atoms with Crippen LogP contribution in [-0.2, 0) is 4.74 Å². The molecule has 3 nitrogen and oxygen atoms in total. The van der Waals surface area contributed by atoms with Gasteiger partial charge in [0.2, 0.25) is 0 Å². The zero-order chi connectivity index (χ0) is 10.3. The maximum atomic E-state index is 11.6. The Kier molecular flexibility index (Phi) is 1.84. The monoisotopic (exact) mass is 191 g/mol. The lowest BCUT2D eigenvalue weighted by Crippen LogP contribution is -2.39. The number of nitrogens with zero attached hydrogens (tertiary/aromatic N) is 1. The third-order valence-corrected chi connectivity index (χ3v) is 2.87. The summed E-state index contributed by atoms with van der Waals surface area (Å²) < 4.78 is 5.33. The van der Waals surface area contributed by atoms with Gasteiger partial charge in [-0.25, -0.2) is 4.79 Å². The molecule has 0 aromatic carbocycles. The van der Waals surface area contributed by atoms with Crippen molar-refractivity contribution in [3.63, 3.8) is 0 Å². The van der Waals surface area contributed by atoms with Crippen molar-refractivity contribution in [2.45, 2.75) is 32.3 Å². The Hall–Kier alpha value is -1.38. The quantitative estimate of drug-likeness (QED) is 0.590. The maximum absolute atomic E-state index is 11.6. The summed E-state index contributed by atoms with van der Waals surface area (Å²) in [5, 5.41) is 0. The number of carbonyl (C=O) groups is 1. The van der Waals surface area contributed by atoms with Gasteiger partial charge >= 0.3 is 5.97 Å². The molecule has 0 amide bonds. The Balaban J connectivity index is 2.57. The first-order valence-corrected chi connectivity index (χ1v) is 4.70. The molecule has 1 aromatic heterocycles. The molecule has 3 heteroatoms. The topological polar surface area (TPSA) is 39.2 Å². The second kappa shape index (κ2) is 2.80. The Morgan fingerprint density at radius 3 is 2.93 bits per heavy atom. The van der Waals surface area contributed by atoms with E-state index in [1.54, 1.807) is 18.3 Å². The van der Waals surface area contributed by atoms with Crippen LogP contribution >= 0.6 is 0 Å². The molecule has 2 heterocycles. The predicted octanol–water partition coefficient (Wildman–Crippen LogP) is 2.13. The summed E-state index contributed by atoms with van der Waals surface area (Å²) in [4.78, 5) is 15.8. The van der Waals surface area contributed by atoms with Gasteiger partial charge in [0, 0.05) is 12.1 Å². The lowest BCUT2D eigenvalue weighted by Gasteiger charge is -2.36. The van der Waals surface area contributed by atoms with Crippen molar-refractivity contribution in [3.8, 4) is 0 Å². The molecule has 14 heavy (non-hydrogen) atoms. The number of cyclic esters (lactones) is 1. The number of hydrogen-bond acceptors (Lipinski definition) is 3. The van der Waals surface area contributed by atoms with Crippen LogP contribution in [0.3, 0.4) is 0 Å². The van der Waals surface area contributed by atoms with E-state index >= 15 is 0 Å². The minimum Gasteiger partial charge on any atom is -0.455 e. The van der Waals surface area contributed by atoms with Gasteiger partial charge in [0.15, 0.2) is 0 Å². The Morgan fingerprint density at radius 1 is 1.50 bits per heavy atom. The van der Waals surface area contributed by atoms with Gasteiger partial charge in [-0.1, -0.05) is 6.92 Å². The second-order valence-electron chi connectivity index (χ2n) is 4.15. The van der Waals surface area contributed by atoms with Crippen LogP contribution in [-0.4, -0.2) is 16.6 Å².